The van der Waals surface area contributed by atoms with Crippen molar-refractivity contribution in [1.82, 2.24) is 0 Å². The molecule has 3 aliphatic rings. The average Bonchev–Trinajstić information content (AvgIpc) is 2.79. The summed E-state index contributed by atoms with van der Waals surface area (Å²) in [5.41, 5.74) is 5.49. The van der Waals surface area contributed by atoms with Gasteiger partial charge in [0.1, 0.15) is 5.76 Å². The summed E-state index contributed by atoms with van der Waals surface area (Å²) in [6.45, 7) is 4.41. The molecule has 0 aromatic rings. The molecule has 0 aliphatic heterocycles. The molecule has 3 rings (SSSR count). The number of hydrogen-bond donors (Lipinski definition) is 0. The smallest absolute Gasteiger partial charge is 0.159 e. The van der Waals surface area contributed by atoms with Crippen molar-refractivity contribution in [3.05, 3.63) is 34.1 Å². The second-order valence-electron chi connectivity index (χ2n) is 6.52. The molecular weight excluding hydrogens is 248 g/mol. The SMILES string of the molecule is COC1=C(C)C=C(C2CCC3=C(CCC3=O)C2)CC1C. The third-order valence-corrected chi connectivity index (χ3v) is 5.18. The molecular formula is C18H24O2. The molecule has 108 valence electrons. The van der Waals surface area contributed by atoms with Gasteiger partial charge in [0, 0.05) is 12.3 Å². The minimum Gasteiger partial charge on any atom is -0.501 e. The maximum absolute atomic E-state index is 11.8. The summed E-state index contributed by atoms with van der Waals surface area (Å²) in [6.07, 6.45) is 8.51. The third-order valence-electron chi connectivity index (χ3n) is 5.18. The molecule has 0 spiro atoms. The third kappa shape index (κ3) is 2.25. The summed E-state index contributed by atoms with van der Waals surface area (Å²) in [6, 6.07) is 0. The first-order chi connectivity index (χ1) is 9.60. The Bertz CT molecular complexity index is 534. The highest BCUT2D eigenvalue weighted by molar-refractivity contribution is 5.98. The molecule has 0 saturated heterocycles. The second-order valence-corrected chi connectivity index (χ2v) is 6.52. The van der Waals surface area contributed by atoms with Crippen LogP contribution in [0.4, 0.5) is 0 Å². The Morgan fingerprint density at radius 1 is 1.20 bits per heavy atom. The number of ketones is 1. The van der Waals surface area contributed by atoms with E-state index in [9.17, 15) is 4.79 Å². The van der Waals surface area contributed by atoms with Crippen molar-refractivity contribution in [2.45, 2.75) is 52.4 Å². The molecule has 2 atom stereocenters. The maximum Gasteiger partial charge on any atom is 0.159 e. The predicted molar refractivity (Wildman–Crippen MR) is 80.2 cm³/mol. The number of methoxy groups -OCH3 is 1. The van der Waals surface area contributed by atoms with Crippen LogP contribution >= 0.6 is 0 Å². The molecule has 0 fully saturated rings. The van der Waals surface area contributed by atoms with E-state index < -0.39 is 0 Å². The van der Waals surface area contributed by atoms with Crippen LogP contribution in [0, 0.1) is 11.8 Å². The van der Waals surface area contributed by atoms with Gasteiger partial charge in [0.2, 0.25) is 0 Å². The van der Waals surface area contributed by atoms with E-state index in [1.165, 1.54) is 16.7 Å². The monoisotopic (exact) mass is 272 g/mol. The molecule has 20 heavy (non-hydrogen) atoms. The molecule has 0 radical (unpaired) electrons. The van der Waals surface area contributed by atoms with Crippen molar-refractivity contribution in [1.29, 1.82) is 0 Å². The lowest BCUT2D eigenvalue weighted by Gasteiger charge is -2.31. The van der Waals surface area contributed by atoms with Gasteiger partial charge in [-0.2, -0.15) is 0 Å². The fourth-order valence-electron chi connectivity index (χ4n) is 4.23. The van der Waals surface area contributed by atoms with E-state index in [2.05, 4.69) is 19.9 Å². The maximum atomic E-state index is 11.8. The molecule has 2 unspecified atom stereocenters. The van der Waals surface area contributed by atoms with Gasteiger partial charge in [-0.15, -0.1) is 0 Å². The quantitative estimate of drug-likeness (QED) is 0.747. The van der Waals surface area contributed by atoms with E-state index in [1.807, 2.05) is 0 Å². The average molecular weight is 272 g/mol. The fraction of sp³-hybridized carbons (Fsp3) is 0.611. The van der Waals surface area contributed by atoms with E-state index in [1.54, 1.807) is 12.7 Å². The van der Waals surface area contributed by atoms with Gasteiger partial charge >= 0.3 is 0 Å². The van der Waals surface area contributed by atoms with Gasteiger partial charge in [0.25, 0.3) is 0 Å². The number of hydrogen-bond acceptors (Lipinski definition) is 2. The van der Waals surface area contributed by atoms with Gasteiger partial charge < -0.3 is 4.74 Å². The van der Waals surface area contributed by atoms with Crippen LogP contribution in [0.2, 0.25) is 0 Å². The van der Waals surface area contributed by atoms with Gasteiger partial charge in [-0.1, -0.05) is 24.1 Å². The van der Waals surface area contributed by atoms with Gasteiger partial charge in [0.05, 0.1) is 7.11 Å². The number of allylic oxidation sites excluding steroid dienone is 6. The number of rotatable bonds is 2. The molecule has 2 nitrogen and oxygen atoms in total. The van der Waals surface area contributed by atoms with Crippen LogP contribution in [0.3, 0.4) is 0 Å². The number of carbonyl (C=O) groups is 1. The zero-order valence-corrected chi connectivity index (χ0v) is 12.8. The van der Waals surface area contributed by atoms with E-state index in [0.717, 1.165) is 44.3 Å². The van der Waals surface area contributed by atoms with Crippen LogP contribution in [0.1, 0.15) is 52.4 Å². The summed E-state index contributed by atoms with van der Waals surface area (Å²) < 4.78 is 5.52. The van der Waals surface area contributed by atoms with E-state index in [4.69, 9.17) is 4.74 Å². The zero-order chi connectivity index (χ0) is 14.3. The van der Waals surface area contributed by atoms with E-state index >= 15 is 0 Å². The normalized spacial score (nSPS) is 30.6. The molecule has 0 heterocycles. The Labute approximate surface area is 121 Å². The number of Topliss-reactive ketones (excluding diaryl/α,β-unsaturated/α-hetero) is 1. The first-order valence-corrected chi connectivity index (χ1v) is 7.79. The van der Waals surface area contributed by atoms with Crippen molar-refractivity contribution in [2.24, 2.45) is 11.8 Å². The first-order valence-electron chi connectivity index (χ1n) is 7.79. The van der Waals surface area contributed by atoms with Crippen LogP contribution in [-0.4, -0.2) is 12.9 Å². The highest BCUT2D eigenvalue weighted by atomic mass is 16.5. The van der Waals surface area contributed by atoms with E-state index in [-0.39, 0.29) is 0 Å². The molecule has 0 saturated carbocycles. The minimum atomic E-state index is 0.419. The van der Waals surface area contributed by atoms with Crippen molar-refractivity contribution >= 4 is 5.78 Å². The van der Waals surface area contributed by atoms with Crippen LogP contribution in [-0.2, 0) is 9.53 Å². The molecule has 2 heteroatoms. The zero-order valence-electron chi connectivity index (χ0n) is 12.8. The Hall–Kier alpha value is -1.31. The van der Waals surface area contributed by atoms with Crippen molar-refractivity contribution in [3.8, 4) is 0 Å². The topological polar surface area (TPSA) is 26.3 Å². The Morgan fingerprint density at radius 3 is 2.70 bits per heavy atom. The summed E-state index contributed by atoms with van der Waals surface area (Å²) in [5.74, 6) is 2.69. The second kappa shape index (κ2) is 5.23. The standard InChI is InChI=1S/C18H24O2/c1-11-8-15(9-12(2)18(11)20-3)13-4-6-16-14(10-13)5-7-17(16)19/h8,12-13H,4-7,9-10H2,1-3H3. The summed E-state index contributed by atoms with van der Waals surface area (Å²) >= 11 is 0. The highest BCUT2D eigenvalue weighted by Crippen LogP contribution is 2.43. The highest BCUT2D eigenvalue weighted by Gasteiger charge is 2.32. The minimum absolute atomic E-state index is 0.419. The van der Waals surface area contributed by atoms with Gasteiger partial charge in [-0.3, -0.25) is 4.79 Å². The van der Waals surface area contributed by atoms with Gasteiger partial charge in [-0.05, 0) is 56.1 Å². The van der Waals surface area contributed by atoms with Gasteiger partial charge in [0.15, 0.2) is 5.78 Å². The molecule has 0 bridgehead atoms. The molecule has 0 amide bonds. The fourth-order valence-corrected chi connectivity index (χ4v) is 4.23. The first kappa shape index (κ1) is 13.7. The van der Waals surface area contributed by atoms with Crippen molar-refractivity contribution < 1.29 is 9.53 Å². The van der Waals surface area contributed by atoms with Crippen LogP contribution in [0.15, 0.2) is 34.1 Å². The van der Waals surface area contributed by atoms with Crippen molar-refractivity contribution in [2.75, 3.05) is 7.11 Å². The molecule has 3 aliphatic carbocycles. The lowest BCUT2D eigenvalue weighted by atomic mass is 9.75. The summed E-state index contributed by atoms with van der Waals surface area (Å²) in [7, 11) is 1.77. The lowest BCUT2D eigenvalue weighted by Crippen LogP contribution is -2.18. The molecule has 0 aromatic heterocycles. The van der Waals surface area contributed by atoms with Gasteiger partial charge in [-0.25, -0.2) is 0 Å². The largest absolute Gasteiger partial charge is 0.501 e. The number of carbonyl (C=O) groups excluding carboxylic acids is 1. The summed E-state index contributed by atoms with van der Waals surface area (Å²) in [5, 5.41) is 0. The predicted octanol–water partition coefficient (Wildman–Crippen LogP) is 4.33. The van der Waals surface area contributed by atoms with E-state index in [0.29, 0.717) is 17.6 Å². The van der Waals surface area contributed by atoms with Crippen LogP contribution < -0.4 is 0 Å². The molecule has 0 N–H and O–H groups in total. The molecule has 0 aromatic carbocycles. The Kier molecular flexibility index (Phi) is 3.57. The number of ether oxygens (including phenoxy) is 1. The summed E-state index contributed by atoms with van der Waals surface area (Å²) in [4.78, 5) is 11.8. The van der Waals surface area contributed by atoms with Crippen LogP contribution in [0.5, 0.6) is 0 Å². The lowest BCUT2D eigenvalue weighted by molar-refractivity contribution is -0.115. The Morgan fingerprint density at radius 2 is 2.00 bits per heavy atom. The Balaban J connectivity index is 1.81. The van der Waals surface area contributed by atoms with Crippen LogP contribution in [0.25, 0.3) is 0 Å². The van der Waals surface area contributed by atoms with Crippen molar-refractivity contribution in [3.63, 3.8) is 0 Å².